The summed E-state index contributed by atoms with van der Waals surface area (Å²) in [6.45, 7) is 0. The van der Waals surface area contributed by atoms with Gasteiger partial charge >= 0.3 is 0 Å². The van der Waals surface area contributed by atoms with Crippen LogP contribution in [0.3, 0.4) is 0 Å². The van der Waals surface area contributed by atoms with Crippen LogP contribution in [0.4, 0.5) is 8.78 Å². The highest BCUT2D eigenvalue weighted by Gasteiger charge is 2.31. The molecular formula is C11H11F2N3. The zero-order valence-corrected chi connectivity index (χ0v) is 8.50. The number of hydrogen-bond donors (Lipinski definition) is 2. The Labute approximate surface area is 90.7 Å². The fraction of sp³-hybridized carbons (Fsp3) is 0.364. The van der Waals surface area contributed by atoms with Crippen LogP contribution in [0.1, 0.15) is 24.7 Å². The summed E-state index contributed by atoms with van der Waals surface area (Å²) in [6.07, 6.45) is 2.20. The van der Waals surface area contributed by atoms with Crippen LogP contribution in [-0.2, 0) is 0 Å². The lowest BCUT2D eigenvalue weighted by Gasteiger charge is -2.04. The van der Waals surface area contributed by atoms with Crippen LogP contribution in [0.2, 0.25) is 0 Å². The minimum Gasteiger partial charge on any atom is -0.341 e. The Bertz CT molecular complexity index is 506. The Kier molecular flexibility index (Phi) is 1.97. The number of aromatic amines is 1. The van der Waals surface area contributed by atoms with Crippen molar-refractivity contribution in [2.24, 2.45) is 11.7 Å². The maximum atomic E-state index is 13.0. The van der Waals surface area contributed by atoms with E-state index in [1.165, 1.54) is 0 Å². The average Bonchev–Trinajstić information content (AvgIpc) is 3.01. The zero-order valence-electron chi connectivity index (χ0n) is 8.50. The number of H-pyrrole nitrogens is 1. The first-order chi connectivity index (χ1) is 7.65. The summed E-state index contributed by atoms with van der Waals surface area (Å²) >= 11 is 0. The van der Waals surface area contributed by atoms with E-state index in [0.29, 0.717) is 22.8 Å². The lowest BCUT2D eigenvalue weighted by Crippen LogP contribution is -2.13. The van der Waals surface area contributed by atoms with Gasteiger partial charge < -0.3 is 10.7 Å². The maximum Gasteiger partial charge on any atom is 0.161 e. The first kappa shape index (κ1) is 9.72. The van der Waals surface area contributed by atoms with E-state index < -0.39 is 11.6 Å². The monoisotopic (exact) mass is 223 g/mol. The molecule has 1 atom stereocenters. The first-order valence-electron chi connectivity index (χ1n) is 5.25. The summed E-state index contributed by atoms with van der Waals surface area (Å²) < 4.78 is 25.9. The topological polar surface area (TPSA) is 54.7 Å². The van der Waals surface area contributed by atoms with Gasteiger partial charge in [0.15, 0.2) is 11.6 Å². The average molecular weight is 223 g/mol. The SMILES string of the molecule is NC(c1nc2cc(F)c(F)cc2[nH]1)C1CC1. The van der Waals surface area contributed by atoms with Crippen molar-refractivity contribution in [2.75, 3.05) is 0 Å². The van der Waals surface area contributed by atoms with E-state index in [1.807, 2.05) is 0 Å². The van der Waals surface area contributed by atoms with E-state index in [0.717, 1.165) is 25.0 Å². The molecule has 5 heteroatoms. The van der Waals surface area contributed by atoms with Crippen LogP contribution in [0.5, 0.6) is 0 Å². The van der Waals surface area contributed by atoms with E-state index in [1.54, 1.807) is 0 Å². The molecule has 1 heterocycles. The summed E-state index contributed by atoms with van der Waals surface area (Å²) in [7, 11) is 0. The Morgan fingerprint density at radius 1 is 1.31 bits per heavy atom. The molecule has 0 spiro atoms. The van der Waals surface area contributed by atoms with Gasteiger partial charge in [-0.1, -0.05) is 0 Å². The van der Waals surface area contributed by atoms with Crippen molar-refractivity contribution in [2.45, 2.75) is 18.9 Å². The normalized spacial score (nSPS) is 17.9. The standard InChI is InChI=1S/C11H11F2N3/c12-6-3-8-9(4-7(6)13)16-11(15-8)10(14)5-1-2-5/h3-5,10H,1-2,14H2,(H,15,16). The molecule has 0 amide bonds. The smallest absolute Gasteiger partial charge is 0.161 e. The second-order valence-corrected chi connectivity index (χ2v) is 4.27. The fourth-order valence-electron chi connectivity index (χ4n) is 1.86. The molecule has 1 unspecified atom stereocenters. The first-order valence-corrected chi connectivity index (χ1v) is 5.25. The van der Waals surface area contributed by atoms with E-state index >= 15 is 0 Å². The molecular weight excluding hydrogens is 212 g/mol. The highest BCUT2D eigenvalue weighted by molar-refractivity contribution is 5.75. The van der Waals surface area contributed by atoms with Crippen molar-refractivity contribution in [3.63, 3.8) is 0 Å². The Balaban J connectivity index is 2.07. The number of rotatable bonds is 2. The van der Waals surface area contributed by atoms with Gasteiger partial charge in [0.05, 0.1) is 17.1 Å². The van der Waals surface area contributed by atoms with Gasteiger partial charge in [0, 0.05) is 12.1 Å². The molecule has 16 heavy (non-hydrogen) atoms. The number of imidazole rings is 1. The number of fused-ring (bicyclic) bond motifs is 1. The van der Waals surface area contributed by atoms with Crippen LogP contribution < -0.4 is 5.73 Å². The molecule has 3 rings (SSSR count). The highest BCUT2D eigenvalue weighted by atomic mass is 19.2. The van der Waals surface area contributed by atoms with Gasteiger partial charge in [0.1, 0.15) is 5.82 Å². The number of aromatic nitrogens is 2. The maximum absolute atomic E-state index is 13.0. The molecule has 2 aromatic rings. The Hall–Kier alpha value is -1.49. The summed E-state index contributed by atoms with van der Waals surface area (Å²) in [5.41, 5.74) is 6.87. The second kappa shape index (κ2) is 3.25. The van der Waals surface area contributed by atoms with E-state index in [-0.39, 0.29) is 6.04 Å². The van der Waals surface area contributed by atoms with Gasteiger partial charge in [-0.2, -0.15) is 0 Å². The molecule has 1 aromatic heterocycles. The third kappa shape index (κ3) is 1.48. The van der Waals surface area contributed by atoms with E-state index in [9.17, 15) is 8.78 Å². The largest absolute Gasteiger partial charge is 0.341 e. The highest BCUT2D eigenvalue weighted by Crippen LogP contribution is 2.38. The van der Waals surface area contributed by atoms with Crippen LogP contribution in [0, 0.1) is 17.6 Å². The predicted octanol–water partition coefficient (Wildman–Crippen LogP) is 2.25. The fourth-order valence-corrected chi connectivity index (χ4v) is 1.86. The molecule has 0 radical (unpaired) electrons. The molecule has 0 aliphatic heterocycles. The van der Waals surface area contributed by atoms with Crippen molar-refractivity contribution in [1.29, 1.82) is 0 Å². The molecule has 84 valence electrons. The lowest BCUT2D eigenvalue weighted by atomic mass is 10.2. The van der Waals surface area contributed by atoms with Crippen molar-refractivity contribution in [3.05, 3.63) is 29.6 Å². The van der Waals surface area contributed by atoms with Crippen LogP contribution >= 0.6 is 0 Å². The van der Waals surface area contributed by atoms with Gasteiger partial charge in [-0.15, -0.1) is 0 Å². The van der Waals surface area contributed by atoms with Crippen molar-refractivity contribution in [3.8, 4) is 0 Å². The number of halogens is 2. The van der Waals surface area contributed by atoms with Crippen LogP contribution in [0.25, 0.3) is 11.0 Å². The number of nitrogens with one attached hydrogen (secondary N) is 1. The molecule has 1 fully saturated rings. The molecule has 3 N–H and O–H groups in total. The van der Waals surface area contributed by atoms with E-state index in [4.69, 9.17) is 5.73 Å². The van der Waals surface area contributed by atoms with Gasteiger partial charge in [0.25, 0.3) is 0 Å². The van der Waals surface area contributed by atoms with Crippen LogP contribution in [-0.4, -0.2) is 9.97 Å². The van der Waals surface area contributed by atoms with Crippen molar-refractivity contribution < 1.29 is 8.78 Å². The van der Waals surface area contributed by atoms with E-state index in [2.05, 4.69) is 9.97 Å². The number of nitrogens with two attached hydrogens (primary N) is 1. The minimum atomic E-state index is -0.884. The van der Waals surface area contributed by atoms with Crippen molar-refractivity contribution >= 4 is 11.0 Å². The predicted molar refractivity (Wildman–Crippen MR) is 55.7 cm³/mol. The zero-order chi connectivity index (χ0) is 11.3. The number of hydrogen-bond acceptors (Lipinski definition) is 2. The van der Waals surface area contributed by atoms with Gasteiger partial charge in [-0.3, -0.25) is 0 Å². The van der Waals surface area contributed by atoms with Gasteiger partial charge in [0.2, 0.25) is 0 Å². The summed E-state index contributed by atoms with van der Waals surface area (Å²) in [6, 6.07) is 2.05. The quantitative estimate of drug-likeness (QED) is 0.820. The van der Waals surface area contributed by atoms with Crippen molar-refractivity contribution in [1.82, 2.24) is 9.97 Å². The summed E-state index contributed by atoms with van der Waals surface area (Å²) in [5, 5.41) is 0. The molecule has 0 saturated heterocycles. The second-order valence-electron chi connectivity index (χ2n) is 4.27. The molecule has 1 aliphatic rings. The molecule has 1 aliphatic carbocycles. The van der Waals surface area contributed by atoms with Gasteiger partial charge in [-0.25, -0.2) is 13.8 Å². The third-order valence-corrected chi connectivity index (χ3v) is 2.99. The van der Waals surface area contributed by atoms with Gasteiger partial charge in [-0.05, 0) is 18.8 Å². The Morgan fingerprint density at radius 3 is 2.69 bits per heavy atom. The lowest BCUT2D eigenvalue weighted by molar-refractivity contribution is 0.510. The summed E-state index contributed by atoms with van der Waals surface area (Å²) in [5.74, 6) is -0.689. The molecule has 0 bridgehead atoms. The third-order valence-electron chi connectivity index (χ3n) is 2.99. The molecule has 1 aromatic carbocycles. The number of nitrogens with zero attached hydrogens (tertiary/aromatic N) is 1. The Morgan fingerprint density at radius 2 is 2.00 bits per heavy atom. The number of benzene rings is 1. The molecule has 3 nitrogen and oxygen atoms in total. The minimum absolute atomic E-state index is 0.154. The van der Waals surface area contributed by atoms with Crippen LogP contribution in [0.15, 0.2) is 12.1 Å². The summed E-state index contributed by atoms with van der Waals surface area (Å²) in [4.78, 5) is 7.13. The molecule has 1 saturated carbocycles.